The average Bonchev–Trinajstić information content (AvgIpc) is 3.17. The van der Waals surface area contributed by atoms with Gasteiger partial charge in [-0.15, -0.1) is 0 Å². The molecule has 132 valence electrons. The topological polar surface area (TPSA) is 86.1 Å². The van der Waals surface area contributed by atoms with Gasteiger partial charge >= 0.3 is 0 Å². The van der Waals surface area contributed by atoms with E-state index in [0.29, 0.717) is 22.5 Å². The highest BCUT2D eigenvalue weighted by Gasteiger charge is 2.22. The molecule has 1 N–H and O–H groups in total. The van der Waals surface area contributed by atoms with E-state index in [1.165, 1.54) is 6.07 Å². The molecular formula is C20H20N4O2. The summed E-state index contributed by atoms with van der Waals surface area (Å²) in [6.07, 6.45) is 2.07. The van der Waals surface area contributed by atoms with Gasteiger partial charge in [0.05, 0.1) is 11.3 Å². The van der Waals surface area contributed by atoms with Gasteiger partial charge in [-0.2, -0.15) is 5.26 Å². The van der Waals surface area contributed by atoms with E-state index >= 15 is 0 Å². The molecule has 1 aliphatic rings. The number of hydrogen-bond donors (Lipinski definition) is 1. The summed E-state index contributed by atoms with van der Waals surface area (Å²) in [4.78, 5) is 31.2. The molecule has 1 aromatic heterocycles. The van der Waals surface area contributed by atoms with Crippen molar-refractivity contribution >= 4 is 17.5 Å². The zero-order valence-corrected chi connectivity index (χ0v) is 14.9. The van der Waals surface area contributed by atoms with Crippen molar-refractivity contribution in [2.75, 3.05) is 18.4 Å². The van der Waals surface area contributed by atoms with Crippen LogP contribution in [0.3, 0.4) is 0 Å². The summed E-state index contributed by atoms with van der Waals surface area (Å²) >= 11 is 0. The first-order chi connectivity index (χ1) is 12.5. The van der Waals surface area contributed by atoms with Crippen molar-refractivity contribution in [1.82, 2.24) is 9.88 Å². The van der Waals surface area contributed by atoms with Crippen molar-refractivity contribution in [2.45, 2.75) is 26.7 Å². The molecule has 6 heteroatoms. The Labute approximate surface area is 152 Å². The predicted octanol–water partition coefficient (Wildman–Crippen LogP) is 3.06. The third-order valence-electron chi connectivity index (χ3n) is 4.64. The Balaban J connectivity index is 1.83. The normalized spacial score (nSPS) is 13.3. The summed E-state index contributed by atoms with van der Waals surface area (Å²) in [6, 6.07) is 10.5. The number of aryl methyl sites for hydroxylation is 1. The van der Waals surface area contributed by atoms with Gasteiger partial charge in [0.25, 0.3) is 11.8 Å². The van der Waals surface area contributed by atoms with Crippen LogP contribution in [0.5, 0.6) is 0 Å². The molecule has 0 spiro atoms. The maximum atomic E-state index is 12.7. The number of nitrogens with zero attached hydrogens (tertiary/aromatic N) is 3. The van der Waals surface area contributed by atoms with Gasteiger partial charge in [0.1, 0.15) is 11.8 Å². The van der Waals surface area contributed by atoms with Crippen LogP contribution in [0.1, 0.15) is 50.5 Å². The molecule has 1 aliphatic heterocycles. The third-order valence-corrected chi connectivity index (χ3v) is 4.64. The van der Waals surface area contributed by atoms with Gasteiger partial charge in [-0.05, 0) is 56.5 Å². The lowest BCUT2D eigenvalue weighted by Crippen LogP contribution is -2.28. The second-order valence-corrected chi connectivity index (χ2v) is 6.37. The lowest BCUT2D eigenvalue weighted by atomic mass is 10.1. The zero-order chi connectivity index (χ0) is 18.7. The van der Waals surface area contributed by atoms with Crippen LogP contribution in [0, 0.1) is 25.2 Å². The molecule has 1 aromatic carbocycles. The Kier molecular flexibility index (Phi) is 4.99. The van der Waals surface area contributed by atoms with Gasteiger partial charge in [0, 0.05) is 24.3 Å². The van der Waals surface area contributed by atoms with Crippen molar-refractivity contribution in [3.63, 3.8) is 0 Å². The van der Waals surface area contributed by atoms with Crippen LogP contribution in [0.25, 0.3) is 0 Å². The van der Waals surface area contributed by atoms with Gasteiger partial charge in [0.15, 0.2) is 0 Å². The number of rotatable bonds is 3. The highest BCUT2D eigenvalue weighted by molar-refractivity contribution is 6.05. The van der Waals surface area contributed by atoms with Crippen LogP contribution in [0.15, 0.2) is 30.3 Å². The highest BCUT2D eigenvalue weighted by Crippen LogP contribution is 2.22. The number of carbonyl (C=O) groups is 2. The summed E-state index contributed by atoms with van der Waals surface area (Å²) in [5.74, 6) is -0.366. The minimum absolute atomic E-state index is 0.00319. The summed E-state index contributed by atoms with van der Waals surface area (Å²) in [5, 5.41) is 11.8. The molecule has 0 radical (unpaired) electrons. The average molecular weight is 348 g/mol. The Morgan fingerprint density at radius 1 is 1.15 bits per heavy atom. The van der Waals surface area contributed by atoms with E-state index in [2.05, 4.69) is 10.3 Å². The number of aromatic nitrogens is 1. The summed E-state index contributed by atoms with van der Waals surface area (Å²) in [6.45, 7) is 5.08. The number of carbonyl (C=O) groups excluding carboxylic acids is 2. The molecule has 0 saturated carbocycles. The van der Waals surface area contributed by atoms with Crippen LogP contribution in [0.4, 0.5) is 5.69 Å². The fourth-order valence-corrected chi connectivity index (χ4v) is 3.09. The summed E-state index contributed by atoms with van der Waals surface area (Å²) in [5.41, 5.74) is 3.11. The smallest absolute Gasteiger partial charge is 0.274 e. The van der Waals surface area contributed by atoms with Gasteiger partial charge in [-0.1, -0.05) is 6.07 Å². The largest absolute Gasteiger partial charge is 0.339 e. The number of likely N-dealkylation sites (tertiary alicyclic amines) is 1. The standard InChI is InChI=1S/C20H20N4O2/c1-13-16(20(26)24-10-3-4-11-24)6-5-7-17(13)23-19(25)18-9-8-15(12-21)14(2)22-18/h5-9H,3-4,10-11H2,1-2H3,(H,23,25). The molecule has 0 atom stereocenters. The number of hydrogen-bond acceptors (Lipinski definition) is 4. The number of pyridine rings is 1. The lowest BCUT2D eigenvalue weighted by molar-refractivity contribution is 0.0791. The summed E-state index contributed by atoms with van der Waals surface area (Å²) in [7, 11) is 0. The first-order valence-corrected chi connectivity index (χ1v) is 8.59. The van der Waals surface area contributed by atoms with Gasteiger partial charge in [-0.25, -0.2) is 4.98 Å². The van der Waals surface area contributed by atoms with Crippen LogP contribution in [0.2, 0.25) is 0 Å². The van der Waals surface area contributed by atoms with E-state index in [0.717, 1.165) is 31.5 Å². The van der Waals surface area contributed by atoms with E-state index < -0.39 is 0 Å². The lowest BCUT2D eigenvalue weighted by Gasteiger charge is -2.18. The molecule has 1 saturated heterocycles. The van der Waals surface area contributed by atoms with Crippen molar-refractivity contribution < 1.29 is 9.59 Å². The van der Waals surface area contributed by atoms with Crippen molar-refractivity contribution in [2.24, 2.45) is 0 Å². The Morgan fingerprint density at radius 2 is 1.88 bits per heavy atom. The van der Waals surface area contributed by atoms with E-state index in [1.54, 1.807) is 31.2 Å². The van der Waals surface area contributed by atoms with Gasteiger partial charge in [0.2, 0.25) is 0 Å². The molecule has 2 heterocycles. The van der Waals surface area contributed by atoms with Crippen molar-refractivity contribution in [3.8, 4) is 6.07 Å². The molecule has 2 amide bonds. The molecule has 1 fully saturated rings. The molecule has 0 aliphatic carbocycles. The van der Waals surface area contributed by atoms with Crippen LogP contribution in [-0.2, 0) is 0 Å². The molecule has 0 bridgehead atoms. The number of amides is 2. The van der Waals surface area contributed by atoms with Crippen molar-refractivity contribution in [3.05, 3.63) is 58.4 Å². The molecular weight excluding hydrogens is 328 g/mol. The fraction of sp³-hybridized carbons (Fsp3) is 0.300. The predicted molar refractivity (Wildman–Crippen MR) is 98.0 cm³/mol. The van der Waals surface area contributed by atoms with E-state index in [1.807, 2.05) is 17.9 Å². The molecule has 26 heavy (non-hydrogen) atoms. The SMILES string of the molecule is Cc1nc(C(=O)Nc2cccc(C(=O)N3CCCC3)c2C)ccc1C#N. The maximum absolute atomic E-state index is 12.7. The Bertz CT molecular complexity index is 909. The van der Waals surface area contributed by atoms with E-state index in [9.17, 15) is 9.59 Å². The second-order valence-electron chi connectivity index (χ2n) is 6.37. The fourth-order valence-electron chi connectivity index (χ4n) is 3.09. The van der Waals surface area contributed by atoms with Crippen molar-refractivity contribution in [1.29, 1.82) is 5.26 Å². The molecule has 6 nitrogen and oxygen atoms in total. The number of nitrogens with one attached hydrogen (secondary N) is 1. The van der Waals surface area contributed by atoms with E-state index in [-0.39, 0.29) is 17.5 Å². The number of benzene rings is 1. The first kappa shape index (κ1) is 17.6. The van der Waals surface area contributed by atoms with E-state index in [4.69, 9.17) is 5.26 Å². The minimum atomic E-state index is -0.369. The van der Waals surface area contributed by atoms with Gasteiger partial charge in [-0.3, -0.25) is 9.59 Å². The minimum Gasteiger partial charge on any atom is -0.339 e. The first-order valence-electron chi connectivity index (χ1n) is 8.59. The Morgan fingerprint density at radius 3 is 2.54 bits per heavy atom. The monoisotopic (exact) mass is 348 g/mol. The second kappa shape index (κ2) is 7.36. The highest BCUT2D eigenvalue weighted by atomic mass is 16.2. The third kappa shape index (κ3) is 3.42. The van der Waals surface area contributed by atoms with Crippen LogP contribution >= 0.6 is 0 Å². The van der Waals surface area contributed by atoms with Gasteiger partial charge < -0.3 is 10.2 Å². The molecule has 3 rings (SSSR count). The van der Waals surface area contributed by atoms with Crippen LogP contribution < -0.4 is 5.32 Å². The quantitative estimate of drug-likeness (QED) is 0.923. The zero-order valence-electron chi connectivity index (χ0n) is 14.9. The molecule has 2 aromatic rings. The molecule has 0 unspecified atom stereocenters. The maximum Gasteiger partial charge on any atom is 0.274 e. The summed E-state index contributed by atoms with van der Waals surface area (Å²) < 4.78 is 0. The van der Waals surface area contributed by atoms with Crippen LogP contribution in [-0.4, -0.2) is 34.8 Å². The Hall–Kier alpha value is -3.20. The number of anilines is 1. The number of nitriles is 1.